The lowest BCUT2D eigenvalue weighted by Gasteiger charge is -2.31. The third-order valence-corrected chi connectivity index (χ3v) is 5.26. The smallest absolute Gasteiger partial charge is 0.433 e. The van der Waals surface area contributed by atoms with E-state index in [9.17, 15) is 22.4 Å². The molecule has 2 aromatic rings. The molecule has 166 valence electrons. The summed E-state index contributed by atoms with van der Waals surface area (Å²) < 4.78 is 68.3. The van der Waals surface area contributed by atoms with Crippen molar-refractivity contribution in [2.75, 3.05) is 7.11 Å². The first kappa shape index (κ1) is 22.9. The quantitative estimate of drug-likeness (QED) is 0.523. The average Bonchev–Trinajstić information content (AvgIpc) is 3.53. The minimum Gasteiger partial charge on any atom is -0.496 e. The van der Waals surface area contributed by atoms with E-state index < -0.39 is 35.3 Å². The van der Waals surface area contributed by atoms with Gasteiger partial charge < -0.3 is 14.5 Å². The van der Waals surface area contributed by atoms with Crippen molar-refractivity contribution in [1.82, 2.24) is 4.98 Å². The number of pyridine rings is 1. The fraction of sp³-hybridized carbons (Fsp3) is 0.435. The minimum absolute atomic E-state index is 0.0401. The highest BCUT2D eigenvalue weighted by Gasteiger charge is 2.58. The molecule has 8 heteroatoms. The average molecular weight is 437 g/mol. The van der Waals surface area contributed by atoms with Crippen molar-refractivity contribution >= 4 is 0 Å². The molecule has 3 rings (SSSR count). The lowest BCUT2D eigenvalue weighted by atomic mass is 9.91. The van der Waals surface area contributed by atoms with Gasteiger partial charge in [0.25, 0.3) is 11.2 Å². The Bertz CT molecular complexity index is 1080. The summed E-state index contributed by atoms with van der Waals surface area (Å²) >= 11 is 0. The maximum absolute atomic E-state index is 14.5. The van der Waals surface area contributed by atoms with Crippen molar-refractivity contribution in [3.63, 3.8) is 0 Å². The third kappa shape index (κ3) is 4.62. The second kappa shape index (κ2) is 8.75. The molecule has 0 saturated heterocycles. The van der Waals surface area contributed by atoms with Crippen LogP contribution in [0, 0.1) is 30.5 Å². The van der Waals surface area contributed by atoms with E-state index in [4.69, 9.17) is 9.47 Å². The monoisotopic (exact) mass is 437 g/mol. The molecule has 1 aromatic carbocycles. The largest absolute Gasteiger partial charge is 0.496 e. The molecule has 0 amide bonds. The number of hydrogen-bond donors (Lipinski definition) is 1. The van der Waals surface area contributed by atoms with E-state index in [1.165, 1.54) is 25.3 Å². The predicted octanol–water partition coefficient (Wildman–Crippen LogP) is 4.78. The van der Waals surface area contributed by atoms with Crippen LogP contribution in [0.2, 0.25) is 0 Å². The van der Waals surface area contributed by atoms with Crippen LogP contribution in [0.5, 0.6) is 5.75 Å². The second-order valence-corrected chi connectivity index (χ2v) is 7.45. The van der Waals surface area contributed by atoms with Gasteiger partial charge in [0.05, 0.1) is 24.8 Å². The Hall–Kier alpha value is -2.79. The number of aryl methyl sites for hydroxylation is 2. The van der Waals surface area contributed by atoms with Crippen LogP contribution in [0.3, 0.4) is 0 Å². The topological polar surface area (TPSA) is 51.3 Å². The van der Waals surface area contributed by atoms with Crippen LogP contribution in [0.1, 0.15) is 42.1 Å². The molecule has 1 aliphatic carbocycles. The zero-order valence-electron chi connectivity index (χ0n) is 17.5. The highest BCUT2D eigenvalue weighted by molar-refractivity contribution is 5.39. The Labute approximate surface area is 177 Å². The summed E-state index contributed by atoms with van der Waals surface area (Å²) in [7, 11) is 1.28. The summed E-state index contributed by atoms with van der Waals surface area (Å²) in [5.41, 5.74) is -4.01. The zero-order valence-corrected chi connectivity index (χ0v) is 17.5. The summed E-state index contributed by atoms with van der Waals surface area (Å²) in [5, 5.41) is 0. The molecule has 1 heterocycles. The standard InChI is InChI=1S/C23H23F4NO3/c1-4-16-12-18(21(29)28-14(16)2)22(23(25,26)27,11-10-15-8-9-15)31-13-17-19(24)6-5-7-20(17)30-3/h5-7,12,15H,4,8-9,13H2,1-3H3,(H,28,29)/t22-/m0/s1. The molecule has 1 saturated carbocycles. The van der Waals surface area contributed by atoms with Crippen molar-refractivity contribution in [2.24, 2.45) is 5.92 Å². The number of rotatable bonds is 6. The van der Waals surface area contributed by atoms with E-state index in [1.807, 2.05) is 0 Å². The lowest BCUT2D eigenvalue weighted by molar-refractivity contribution is -0.263. The second-order valence-electron chi connectivity index (χ2n) is 7.45. The molecule has 0 aliphatic heterocycles. The zero-order chi connectivity index (χ0) is 22.8. The number of benzene rings is 1. The SMILES string of the molecule is CCc1cc([C@](C#CC2CC2)(OCc2c(F)cccc2OC)C(F)(F)F)c(=O)[nH]c1C. The number of ether oxygens (including phenoxy) is 2. The van der Waals surface area contributed by atoms with Gasteiger partial charge in [-0.2, -0.15) is 13.2 Å². The fourth-order valence-corrected chi connectivity index (χ4v) is 3.26. The molecular formula is C23H23F4NO3. The van der Waals surface area contributed by atoms with Crippen molar-refractivity contribution in [3.05, 3.63) is 62.8 Å². The van der Waals surface area contributed by atoms with E-state index in [0.29, 0.717) is 30.5 Å². The van der Waals surface area contributed by atoms with Crippen molar-refractivity contribution in [3.8, 4) is 17.6 Å². The first-order valence-corrected chi connectivity index (χ1v) is 9.91. The van der Waals surface area contributed by atoms with Gasteiger partial charge in [0, 0.05) is 11.6 Å². The van der Waals surface area contributed by atoms with Gasteiger partial charge in [-0.05, 0) is 49.9 Å². The Balaban J connectivity index is 2.18. The number of hydrogen-bond acceptors (Lipinski definition) is 3. The van der Waals surface area contributed by atoms with Gasteiger partial charge in [0.1, 0.15) is 11.6 Å². The van der Waals surface area contributed by atoms with E-state index in [0.717, 1.165) is 6.07 Å². The Morgan fingerprint density at radius 1 is 1.26 bits per heavy atom. The predicted molar refractivity (Wildman–Crippen MR) is 107 cm³/mol. The van der Waals surface area contributed by atoms with E-state index >= 15 is 0 Å². The molecule has 1 fully saturated rings. The first-order chi connectivity index (χ1) is 14.6. The van der Waals surface area contributed by atoms with Crippen molar-refractivity contribution in [1.29, 1.82) is 0 Å². The molecule has 4 nitrogen and oxygen atoms in total. The van der Waals surface area contributed by atoms with E-state index in [2.05, 4.69) is 16.8 Å². The third-order valence-electron chi connectivity index (χ3n) is 5.26. The highest BCUT2D eigenvalue weighted by Crippen LogP contribution is 2.43. The van der Waals surface area contributed by atoms with Crippen LogP contribution in [-0.4, -0.2) is 18.3 Å². The van der Waals surface area contributed by atoms with Gasteiger partial charge in [0.15, 0.2) is 0 Å². The summed E-state index contributed by atoms with van der Waals surface area (Å²) in [6, 6.07) is 5.07. The van der Waals surface area contributed by atoms with Gasteiger partial charge in [-0.25, -0.2) is 4.39 Å². The Morgan fingerprint density at radius 3 is 2.55 bits per heavy atom. The number of halogens is 4. The van der Waals surface area contributed by atoms with Gasteiger partial charge >= 0.3 is 6.18 Å². The molecule has 1 N–H and O–H groups in total. The molecular weight excluding hydrogens is 414 g/mol. The molecule has 1 aliphatic rings. The molecule has 1 aromatic heterocycles. The van der Waals surface area contributed by atoms with Crippen LogP contribution in [0.25, 0.3) is 0 Å². The van der Waals surface area contributed by atoms with Gasteiger partial charge in [0.2, 0.25) is 0 Å². The number of aromatic nitrogens is 1. The van der Waals surface area contributed by atoms with Crippen LogP contribution < -0.4 is 10.3 Å². The van der Waals surface area contributed by atoms with Gasteiger partial charge in [-0.3, -0.25) is 4.79 Å². The summed E-state index contributed by atoms with van der Waals surface area (Å²) in [6.45, 7) is 2.59. The number of aromatic amines is 1. The summed E-state index contributed by atoms with van der Waals surface area (Å²) in [5.74, 6) is 3.88. The maximum Gasteiger partial charge on any atom is 0.433 e. The number of methoxy groups -OCH3 is 1. The lowest BCUT2D eigenvalue weighted by Crippen LogP contribution is -2.47. The Morgan fingerprint density at radius 2 is 1.97 bits per heavy atom. The van der Waals surface area contributed by atoms with Gasteiger partial charge in [-0.15, -0.1) is 0 Å². The van der Waals surface area contributed by atoms with E-state index in [1.54, 1.807) is 13.8 Å². The van der Waals surface area contributed by atoms with Crippen LogP contribution in [0.15, 0.2) is 29.1 Å². The normalized spacial score (nSPS) is 15.7. The summed E-state index contributed by atoms with van der Waals surface area (Å²) in [4.78, 5) is 15.1. The fourth-order valence-electron chi connectivity index (χ4n) is 3.26. The van der Waals surface area contributed by atoms with Crippen LogP contribution >= 0.6 is 0 Å². The number of H-pyrrole nitrogens is 1. The molecule has 0 radical (unpaired) electrons. The highest BCUT2D eigenvalue weighted by atomic mass is 19.4. The molecule has 0 unspecified atom stereocenters. The number of alkyl halides is 3. The van der Waals surface area contributed by atoms with Crippen molar-refractivity contribution < 1.29 is 27.0 Å². The van der Waals surface area contributed by atoms with Crippen LogP contribution in [0.4, 0.5) is 17.6 Å². The van der Waals surface area contributed by atoms with Crippen LogP contribution in [-0.2, 0) is 23.4 Å². The first-order valence-electron chi connectivity index (χ1n) is 9.91. The molecule has 0 spiro atoms. The number of nitrogens with one attached hydrogen (secondary N) is 1. The maximum atomic E-state index is 14.5. The molecule has 1 atom stereocenters. The van der Waals surface area contributed by atoms with Gasteiger partial charge in [-0.1, -0.05) is 24.8 Å². The minimum atomic E-state index is -5.05. The Kier molecular flexibility index (Phi) is 6.46. The van der Waals surface area contributed by atoms with Crippen molar-refractivity contribution in [2.45, 2.75) is 51.5 Å². The molecule has 0 bridgehead atoms. The summed E-state index contributed by atoms with van der Waals surface area (Å²) in [6.07, 6.45) is -3.28. The van der Waals surface area contributed by atoms with E-state index in [-0.39, 0.29) is 17.2 Å². The molecule has 31 heavy (non-hydrogen) atoms.